The molecule has 1 aliphatic rings. The number of ether oxygens (including phenoxy) is 1. The Kier molecular flexibility index (Phi) is 4.02. The number of benzene rings is 1. The molecule has 17 heavy (non-hydrogen) atoms. The first kappa shape index (κ1) is 12.4. The Labute approximate surface area is 104 Å². The largest absolute Gasteiger partial charge is 0.497 e. The van der Waals surface area contributed by atoms with E-state index in [0.717, 1.165) is 18.3 Å². The van der Waals surface area contributed by atoms with E-state index >= 15 is 0 Å². The van der Waals surface area contributed by atoms with E-state index in [1.807, 2.05) is 12.1 Å². The van der Waals surface area contributed by atoms with E-state index in [0.29, 0.717) is 12.6 Å². The first-order valence-corrected chi connectivity index (χ1v) is 6.40. The number of likely N-dealkylation sites (N-methyl/N-ethyl adjacent to an activating group) is 1. The van der Waals surface area contributed by atoms with Crippen LogP contribution in [0.2, 0.25) is 0 Å². The molecule has 0 radical (unpaired) electrons. The average molecular weight is 234 g/mol. The molecule has 2 rings (SSSR count). The number of nitrogens with zero attached hydrogens (tertiary/aromatic N) is 1. The van der Waals surface area contributed by atoms with Gasteiger partial charge in [-0.05, 0) is 37.1 Å². The minimum Gasteiger partial charge on any atom is -0.497 e. The van der Waals surface area contributed by atoms with E-state index < -0.39 is 0 Å². The van der Waals surface area contributed by atoms with Gasteiger partial charge in [0.25, 0.3) is 0 Å². The highest BCUT2D eigenvalue weighted by Gasteiger charge is 2.32. The Balaban J connectivity index is 2.20. The van der Waals surface area contributed by atoms with Crippen molar-refractivity contribution in [3.63, 3.8) is 0 Å². The van der Waals surface area contributed by atoms with Gasteiger partial charge in [-0.3, -0.25) is 4.90 Å². The lowest BCUT2D eigenvalue weighted by molar-refractivity contribution is 0.201. The van der Waals surface area contributed by atoms with E-state index in [2.05, 4.69) is 24.0 Å². The Morgan fingerprint density at radius 2 is 2.24 bits per heavy atom. The predicted molar refractivity (Wildman–Crippen MR) is 70.2 cm³/mol. The van der Waals surface area contributed by atoms with Gasteiger partial charge in [0.1, 0.15) is 5.75 Å². The van der Waals surface area contributed by atoms with Gasteiger partial charge >= 0.3 is 0 Å². The lowest BCUT2D eigenvalue weighted by Crippen LogP contribution is -2.35. The fourth-order valence-corrected chi connectivity index (χ4v) is 2.45. The van der Waals surface area contributed by atoms with Gasteiger partial charge in [0.2, 0.25) is 0 Å². The van der Waals surface area contributed by atoms with Crippen LogP contribution in [0.3, 0.4) is 0 Å². The first-order chi connectivity index (χ1) is 8.30. The zero-order chi connectivity index (χ0) is 12.3. The highest BCUT2D eigenvalue weighted by molar-refractivity contribution is 5.31. The molecule has 1 aromatic rings. The van der Waals surface area contributed by atoms with Gasteiger partial charge in [-0.25, -0.2) is 0 Å². The third kappa shape index (κ3) is 2.79. The zero-order valence-electron chi connectivity index (χ0n) is 10.7. The molecule has 1 aromatic carbocycles. The molecule has 94 valence electrons. The molecule has 0 heterocycles. The van der Waals surface area contributed by atoms with Crippen LogP contribution in [0.15, 0.2) is 24.3 Å². The third-order valence-corrected chi connectivity index (χ3v) is 3.48. The first-order valence-electron chi connectivity index (χ1n) is 6.40. The van der Waals surface area contributed by atoms with E-state index in [1.165, 1.54) is 18.4 Å². The van der Waals surface area contributed by atoms with E-state index in [9.17, 15) is 0 Å². The summed E-state index contributed by atoms with van der Waals surface area (Å²) in [5.41, 5.74) is 7.22. The lowest BCUT2D eigenvalue weighted by atomic mass is 10.0. The van der Waals surface area contributed by atoms with Crippen LogP contribution in [-0.2, 0) is 0 Å². The van der Waals surface area contributed by atoms with Crippen molar-refractivity contribution in [3.05, 3.63) is 29.8 Å². The number of hydrogen-bond donors (Lipinski definition) is 1. The van der Waals surface area contributed by atoms with Crippen LogP contribution in [0.1, 0.15) is 31.4 Å². The van der Waals surface area contributed by atoms with Crippen molar-refractivity contribution in [1.82, 2.24) is 4.90 Å². The summed E-state index contributed by atoms with van der Waals surface area (Å²) in [4.78, 5) is 2.51. The molecule has 1 atom stereocenters. The Hall–Kier alpha value is -1.06. The topological polar surface area (TPSA) is 38.5 Å². The second-order valence-electron chi connectivity index (χ2n) is 4.59. The minimum absolute atomic E-state index is 0.322. The molecule has 3 heteroatoms. The Morgan fingerprint density at radius 3 is 2.76 bits per heavy atom. The second-order valence-corrected chi connectivity index (χ2v) is 4.59. The van der Waals surface area contributed by atoms with Gasteiger partial charge in [-0.2, -0.15) is 0 Å². The molecule has 0 aliphatic heterocycles. The molecule has 3 nitrogen and oxygen atoms in total. The molecule has 0 spiro atoms. The average Bonchev–Trinajstić information content (AvgIpc) is 3.20. The number of rotatable bonds is 6. The fraction of sp³-hybridized carbons (Fsp3) is 0.571. The highest BCUT2D eigenvalue weighted by atomic mass is 16.5. The monoisotopic (exact) mass is 234 g/mol. The van der Waals surface area contributed by atoms with Gasteiger partial charge in [-0.1, -0.05) is 19.1 Å². The van der Waals surface area contributed by atoms with Crippen molar-refractivity contribution in [2.45, 2.75) is 31.8 Å². The van der Waals surface area contributed by atoms with Crippen LogP contribution < -0.4 is 10.5 Å². The molecule has 0 amide bonds. The molecule has 0 bridgehead atoms. The quantitative estimate of drug-likeness (QED) is 0.820. The van der Waals surface area contributed by atoms with Gasteiger partial charge < -0.3 is 10.5 Å². The van der Waals surface area contributed by atoms with Crippen molar-refractivity contribution in [1.29, 1.82) is 0 Å². The van der Waals surface area contributed by atoms with Crippen LogP contribution in [0.4, 0.5) is 0 Å². The van der Waals surface area contributed by atoms with Gasteiger partial charge in [0.15, 0.2) is 0 Å². The number of hydrogen-bond acceptors (Lipinski definition) is 3. The summed E-state index contributed by atoms with van der Waals surface area (Å²) in [5.74, 6) is 0.910. The maximum absolute atomic E-state index is 5.96. The van der Waals surface area contributed by atoms with E-state index in [1.54, 1.807) is 7.11 Å². The molecular formula is C14H22N2O. The highest BCUT2D eigenvalue weighted by Crippen LogP contribution is 2.34. The summed E-state index contributed by atoms with van der Waals surface area (Å²) in [6.45, 7) is 3.93. The molecule has 1 saturated carbocycles. The minimum atomic E-state index is 0.322. The third-order valence-electron chi connectivity index (χ3n) is 3.48. The van der Waals surface area contributed by atoms with Crippen LogP contribution in [0.5, 0.6) is 5.75 Å². The van der Waals surface area contributed by atoms with Gasteiger partial charge in [0, 0.05) is 18.6 Å². The molecule has 2 N–H and O–H groups in total. The SMILES string of the molecule is CCN(C1CC1)C(CN)c1cccc(OC)c1. The number of nitrogens with two attached hydrogens (primary N) is 1. The van der Waals surface area contributed by atoms with Crippen LogP contribution >= 0.6 is 0 Å². The van der Waals surface area contributed by atoms with Crippen LogP contribution in [0.25, 0.3) is 0 Å². The lowest BCUT2D eigenvalue weighted by Gasteiger charge is -2.30. The molecule has 1 aliphatic carbocycles. The van der Waals surface area contributed by atoms with Crippen molar-refractivity contribution < 1.29 is 4.74 Å². The van der Waals surface area contributed by atoms with Crippen LogP contribution in [0, 0.1) is 0 Å². The molecule has 1 unspecified atom stereocenters. The summed E-state index contributed by atoms with van der Waals surface area (Å²) in [7, 11) is 1.70. The standard InChI is InChI=1S/C14H22N2O/c1-3-16(12-7-8-12)14(10-15)11-5-4-6-13(9-11)17-2/h4-6,9,12,14H,3,7-8,10,15H2,1-2H3. The Morgan fingerprint density at radius 1 is 1.47 bits per heavy atom. The van der Waals surface area contributed by atoms with E-state index in [-0.39, 0.29) is 0 Å². The molecular weight excluding hydrogens is 212 g/mol. The summed E-state index contributed by atoms with van der Waals surface area (Å²) in [6.07, 6.45) is 2.63. The van der Waals surface area contributed by atoms with E-state index in [4.69, 9.17) is 10.5 Å². The maximum Gasteiger partial charge on any atom is 0.119 e. The zero-order valence-corrected chi connectivity index (χ0v) is 10.7. The van der Waals surface area contributed by atoms with Crippen molar-refractivity contribution in [2.24, 2.45) is 5.73 Å². The van der Waals surface area contributed by atoms with Gasteiger partial charge in [0.05, 0.1) is 7.11 Å². The summed E-state index contributed by atoms with van der Waals surface area (Å²) < 4.78 is 5.28. The molecule has 0 aromatic heterocycles. The summed E-state index contributed by atoms with van der Waals surface area (Å²) in [5, 5.41) is 0. The normalized spacial score (nSPS) is 17.2. The maximum atomic E-state index is 5.96. The van der Waals surface area contributed by atoms with Crippen molar-refractivity contribution in [2.75, 3.05) is 20.2 Å². The smallest absolute Gasteiger partial charge is 0.119 e. The van der Waals surface area contributed by atoms with Crippen LogP contribution in [-0.4, -0.2) is 31.1 Å². The van der Waals surface area contributed by atoms with Gasteiger partial charge in [-0.15, -0.1) is 0 Å². The second kappa shape index (κ2) is 5.52. The summed E-state index contributed by atoms with van der Waals surface area (Å²) >= 11 is 0. The molecule has 0 saturated heterocycles. The number of methoxy groups -OCH3 is 1. The van der Waals surface area contributed by atoms with Crippen molar-refractivity contribution >= 4 is 0 Å². The summed E-state index contributed by atoms with van der Waals surface area (Å²) in [6, 6.07) is 9.32. The van der Waals surface area contributed by atoms with Crippen molar-refractivity contribution in [3.8, 4) is 5.75 Å². The fourth-order valence-electron chi connectivity index (χ4n) is 2.45. The molecule has 1 fully saturated rings. The predicted octanol–water partition coefficient (Wildman–Crippen LogP) is 2.18. The Bertz CT molecular complexity index is 363.